The Morgan fingerprint density at radius 1 is 1.41 bits per heavy atom. The first-order chi connectivity index (χ1) is 8.16. The van der Waals surface area contributed by atoms with Gasteiger partial charge < -0.3 is 10.5 Å². The van der Waals surface area contributed by atoms with E-state index in [-0.39, 0.29) is 12.1 Å². The van der Waals surface area contributed by atoms with Crippen molar-refractivity contribution in [1.29, 1.82) is 0 Å². The number of hydrogen-bond donors (Lipinski definition) is 1. The molecule has 0 radical (unpaired) electrons. The smallest absolute Gasteiger partial charge is 0.120 e. The van der Waals surface area contributed by atoms with Gasteiger partial charge in [-0.2, -0.15) is 11.8 Å². The molecule has 17 heavy (non-hydrogen) atoms. The first-order valence-corrected chi connectivity index (χ1v) is 7.35. The third-order valence-electron chi connectivity index (χ3n) is 2.98. The highest BCUT2D eigenvalue weighted by Crippen LogP contribution is 2.35. The van der Waals surface area contributed by atoms with Gasteiger partial charge >= 0.3 is 0 Å². The minimum absolute atomic E-state index is 0.137. The zero-order valence-corrected chi connectivity index (χ0v) is 11.4. The molecule has 1 fully saturated rings. The van der Waals surface area contributed by atoms with Crippen molar-refractivity contribution in [2.45, 2.75) is 44.1 Å². The monoisotopic (exact) mass is 251 g/mol. The summed E-state index contributed by atoms with van der Waals surface area (Å²) in [6, 6.07) is 8.36. The van der Waals surface area contributed by atoms with Gasteiger partial charge in [0.25, 0.3) is 0 Å². The standard InChI is InChI=1S/C14H21NOS/c1-10(2)16-12-6-3-5-11(9-12)14(15)13-7-4-8-17-13/h3,5-6,9-10,13-14H,4,7-8,15H2,1-2H3. The third-order valence-corrected chi connectivity index (χ3v) is 4.46. The molecule has 1 aromatic carbocycles. The first-order valence-electron chi connectivity index (χ1n) is 6.30. The molecule has 1 aliphatic heterocycles. The van der Waals surface area contributed by atoms with Crippen LogP contribution in [0.2, 0.25) is 0 Å². The van der Waals surface area contributed by atoms with Crippen molar-refractivity contribution < 1.29 is 4.74 Å². The van der Waals surface area contributed by atoms with Crippen LogP contribution in [-0.4, -0.2) is 17.1 Å². The van der Waals surface area contributed by atoms with Crippen LogP contribution in [0.5, 0.6) is 5.75 Å². The number of ether oxygens (including phenoxy) is 1. The van der Waals surface area contributed by atoms with Crippen LogP contribution in [0.1, 0.15) is 38.3 Å². The number of rotatable bonds is 4. The van der Waals surface area contributed by atoms with E-state index in [0.717, 1.165) is 5.75 Å². The van der Waals surface area contributed by atoms with Crippen LogP contribution >= 0.6 is 11.8 Å². The van der Waals surface area contributed by atoms with Gasteiger partial charge in [0.15, 0.2) is 0 Å². The molecule has 2 nitrogen and oxygen atoms in total. The van der Waals surface area contributed by atoms with Gasteiger partial charge in [0, 0.05) is 11.3 Å². The largest absolute Gasteiger partial charge is 0.491 e. The molecule has 94 valence electrons. The lowest BCUT2D eigenvalue weighted by molar-refractivity contribution is 0.242. The molecule has 1 aromatic rings. The fourth-order valence-corrected chi connectivity index (χ4v) is 3.50. The zero-order valence-electron chi connectivity index (χ0n) is 10.6. The Balaban J connectivity index is 2.09. The van der Waals surface area contributed by atoms with Crippen LogP contribution in [0.15, 0.2) is 24.3 Å². The second kappa shape index (κ2) is 5.78. The van der Waals surface area contributed by atoms with Crippen molar-refractivity contribution in [3.05, 3.63) is 29.8 Å². The van der Waals surface area contributed by atoms with E-state index in [9.17, 15) is 0 Å². The maximum absolute atomic E-state index is 6.32. The van der Waals surface area contributed by atoms with Crippen molar-refractivity contribution in [2.75, 3.05) is 5.75 Å². The van der Waals surface area contributed by atoms with Crippen molar-refractivity contribution in [3.8, 4) is 5.75 Å². The summed E-state index contributed by atoms with van der Waals surface area (Å²) in [5, 5.41) is 0.573. The second-order valence-corrected chi connectivity index (χ2v) is 6.16. The predicted octanol–water partition coefficient (Wildman–Crippen LogP) is 3.37. The number of hydrogen-bond acceptors (Lipinski definition) is 3. The van der Waals surface area contributed by atoms with Gasteiger partial charge in [0.05, 0.1) is 6.10 Å². The van der Waals surface area contributed by atoms with Crippen LogP contribution in [0.3, 0.4) is 0 Å². The maximum Gasteiger partial charge on any atom is 0.120 e. The van der Waals surface area contributed by atoms with Gasteiger partial charge in [-0.3, -0.25) is 0 Å². The van der Waals surface area contributed by atoms with Crippen LogP contribution < -0.4 is 10.5 Å². The lowest BCUT2D eigenvalue weighted by atomic mass is 10.0. The Morgan fingerprint density at radius 2 is 2.24 bits per heavy atom. The topological polar surface area (TPSA) is 35.2 Å². The van der Waals surface area contributed by atoms with Crippen LogP contribution in [-0.2, 0) is 0 Å². The Kier molecular flexibility index (Phi) is 4.35. The normalized spacial score (nSPS) is 21.8. The van der Waals surface area contributed by atoms with E-state index >= 15 is 0 Å². The lowest BCUT2D eigenvalue weighted by Gasteiger charge is -2.19. The highest BCUT2D eigenvalue weighted by atomic mass is 32.2. The fraction of sp³-hybridized carbons (Fsp3) is 0.571. The van der Waals surface area contributed by atoms with Crippen LogP contribution in [0.25, 0.3) is 0 Å². The summed E-state index contributed by atoms with van der Waals surface area (Å²) in [4.78, 5) is 0. The van der Waals surface area contributed by atoms with E-state index in [1.54, 1.807) is 0 Å². The summed E-state index contributed by atoms with van der Waals surface area (Å²) in [7, 11) is 0. The average molecular weight is 251 g/mol. The molecule has 0 amide bonds. The maximum atomic E-state index is 6.32. The summed E-state index contributed by atoms with van der Waals surface area (Å²) in [6.07, 6.45) is 2.74. The molecule has 2 rings (SSSR count). The number of nitrogens with two attached hydrogens (primary N) is 1. The van der Waals surface area contributed by atoms with Gasteiger partial charge in [0.1, 0.15) is 5.75 Å². The van der Waals surface area contributed by atoms with Crippen molar-refractivity contribution >= 4 is 11.8 Å². The van der Waals surface area contributed by atoms with Gasteiger partial charge in [0.2, 0.25) is 0 Å². The van der Waals surface area contributed by atoms with Crippen molar-refractivity contribution in [3.63, 3.8) is 0 Å². The summed E-state index contributed by atoms with van der Waals surface area (Å²) < 4.78 is 5.71. The Labute approximate surface area is 108 Å². The fourth-order valence-electron chi connectivity index (χ4n) is 2.17. The molecular formula is C14H21NOS. The predicted molar refractivity (Wildman–Crippen MR) is 74.6 cm³/mol. The van der Waals surface area contributed by atoms with E-state index in [2.05, 4.69) is 12.1 Å². The van der Waals surface area contributed by atoms with Crippen molar-refractivity contribution in [1.82, 2.24) is 0 Å². The molecule has 2 atom stereocenters. The summed E-state index contributed by atoms with van der Waals surface area (Å²) in [5.74, 6) is 2.18. The van der Waals surface area contributed by atoms with Crippen LogP contribution in [0.4, 0.5) is 0 Å². The highest BCUT2D eigenvalue weighted by Gasteiger charge is 2.24. The summed E-state index contributed by atoms with van der Waals surface area (Å²) in [5.41, 5.74) is 7.52. The molecule has 0 spiro atoms. The summed E-state index contributed by atoms with van der Waals surface area (Å²) in [6.45, 7) is 4.08. The van der Waals surface area contributed by atoms with E-state index in [1.165, 1.54) is 24.2 Å². The SMILES string of the molecule is CC(C)Oc1cccc(C(N)C2CCCS2)c1. The molecule has 0 aromatic heterocycles. The van der Waals surface area contributed by atoms with E-state index in [4.69, 9.17) is 10.5 Å². The minimum atomic E-state index is 0.137. The minimum Gasteiger partial charge on any atom is -0.491 e. The van der Waals surface area contributed by atoms with Gasteiger partial charge in [-0.1, -0.05) is 12.1 Å². The molecule has 2 N–H and O–H groups in total. The van der Waals surface area contributed by atoms with E-state index in [0.29, 0.717) is 5.25 Å². The molecular weight excluding hydrogens is 230 g/mol. The molecule has 1 aliphatic rings. The molecule has 2 unspecified atom stereocenters. The number of thioether (sulfide) groups is 1. The lowest BCUT2D eigenvalue weighted by Crippen LogP contribution is -2.21. The molecule has 3 heteroatoms. The molecule has 0 aliphatic carbocycles. The highest BCUT2D eigenvalue weighted by molar-refractivity contribution is 8.00. The Hall–Kier alpha value is -0.670. The van der Waals surface area contributed by atoms with Gasteiger partial charge in [-0.25, -0.2) is 0 Å². The van der Waals surface area contributed by atoms with Crippen LogP contribution in [0, 0.1) is 0 Å². The Bertz CT molecular complexity index is 361. The quantitative estimate of drug-likeness (QED) is 0.891. The van der Waals surface area contributed by atoms with Gasteiger partial charge in [-0.15, -0.1) is 0 Å². The third kappa shape index (κ3) is 3.39. The van der Waals surface area contributed by atoms with E-state index < -0.39 is 0 Å². The van der Waals surface area contributed by atoms with Crippen molar-refractivity contribution in [2.24, 2.45) is 5.73 Å². The zero-order chi connectivity index (χ0) is 12.3. The molecule has 0 saturated carbocycles. The summed E-state index contributed by atoms with van der Waals surface area (Å²) >= 11 is 2.00. The number of benzene rings is 1. The Morgan fingerprint density at radius 3 is 2.88 bits per heavy atom. The second-order valence-electron chi connectivity index (χ2n) is 4.82. The van der Waals surface area contributed by atoms with E-state index in [1.807, 2.05) is 37.7 Å². The van der Waals surface area contributed by atoms with Gasteiger partial charge in [-0.05, 0) is 50.1 Å². The average Bonchev–Trinajstić information content (AvgIpc) is 2.81. The molecule has 1 saturated heterocycles. The first kappa shape index (κ1) is 12.8. The molecule has 1 heterocycles. The molecule has 0 bridgehead atoms.